The van der Waals surface area contributed by atoms with Crippen molar-refractivity contribution in [2.75, 3.05) is 13.6 Å². The number of aromatic nitrogens is 1. The van der Waals surface area contributed by atoms with Crippen LogP contribution in [0.4, 0.5) is 4.39 Å². The summed E-state index contributed by atoms with van der Waals surface area (Å²) in [6, 6.07) is 24.4. The molecule has 1 heterocycles. The van der Waals surface area contributed by atoms with Gasteiger partial charge >= 0.3 is 0 Å². The van der Waals surface area contributed by atoms with Gasteiger partial charge in [0.2, 0.25) is 0 Å². The van der Waals surface area contributed by atoms with Crippen LogP contribution in [0.25, 0.3) is 22.0 Å². The molecule has 0 fully saturated rings. The van der Waals surface area contributed by atoms with Crippen molar-refractivity contribution >= 4 is 10.9 Å². The highest BCUT2D eigenvalue weighted by Gasteiger charge is 2.25. The largest absolute Gasteiger partial charge is 0.389 e. The van der Waals surface area contributed by atoms with Crippen LogP contribution in [0.2, 0.25) is 0 Å². The zero-order chi connectivity index (χ0) is 19.5. The van der Waals surface area contributed by atoms with Crippen LogP contribution < -0.4 is 5.32 Å². The molecule has 142 valence electrons. The maximum atomic E-state index is 14.0. The van der Waals surface area contributed by atoms with E-state index in [0.29, 0.717) is 6.54 Å². The lowest BCUT2D eigenvalue weighted by atomic mass is 10.0. The molecule has 0 aliphatic carbocycles. The quantitative estimate of drug-likeness (QED) is 0.517. The van der Waals surface area contributed by atoms with E-state index in [4.69, 9.17) is 0 Å². The van der Waals surface area contributed by atoms with Crippen molar-refractivity contribution < 1.29 is 9.50 Å². The Labute approximate surface area is 164 Å². The summed E-state index contributed by atoms with van der Waals surface area (Å²) >= 11 is 0. The molecular weight excluding hydrogens is 351 g/mol. The lowest BCUT2D eigenvalue weighted by Crippen LogP contribution is -2.33. The van der Waals surface area contributed by atoms with E-state index in [9.17, 15) is 9.50 Å². The number of para-hydroxylation sites is 1. The molecule has 0 amide bonds. The molecule has 4 aromatic rings. The summed E-state index contributed by atoms with van der Waals surface area (Å²) in [6.07, 6.45) is 1.35. The van der Waals surface area contributed by atoms with E-state index < -0.39 is 12.1 Å². The Morgan fingerprint density at radius 3 is 2.46 bits per heavy atom. The Balaban J connectivity index is 1.94. The number of aliphatic hydroxyl groups is 1. The molecule has 0 aliphatic rings. The number of benzene rings is 3. The van der Waals surface area contributed by atoms with Gasteiger partial charge in [0.25, 0.3) is 0 Å². The Morgan fingerprint density at radius 2 is 1.71 bits per heavy atom. The number of nitrogens with one attached hydrogen (secondary N) is 1. The summed E-state index contributed by atoms with van der Waals surface area (Å²) in [5.41, 5.74) is 3.95. The summed E-state index contributed by atoms with van der Waals surface area (Å²) < 4.78 is 16.0. The highest BCUT2D eigenvalue weighted by Crippen LogP contribution is 2.35. The zero-order valence-corrected chi connectivity index (χ0v) is 15.7. The number of hydrogen-bond acceptors (Lipinski definition) is 2. The van der Waals surface area contributed by atoms with E-state index in [1.807, 2.05) is 42.5 Å². The number of halogens is 1. The summed E-state index contributed by atoms with van der Waals surface area (Å²) in [7, 11) is 1.80. The number of rotatable bonds is 6. The lowest BCUT2D eigenvalue weighted by Gasteiger charge is -2.26. The van der Waals surface area contributed by atoms with Gasteiger partial charge in [-0.25, -0.2) is 4.39 Å². The van der Waals surface area contributed by atoms with Gasteiger partial charge < -0.3 is 15.0 Å². The molecule has 1 aromatic heterocycles. The first kappa shape index (κ1) is 18.4. The number of fused-ring (bicyclic) bond motifs is 1. The molecule has 0 saturated heterocycles. The van der Waals surface area contributed by atoms with Crippen LogP contribution >= 0.6 is 0 Å². The second kappa shape index (κ2) is 7.97. The molecule has 3 nitrogen and oxygen atoms in total. The van der Waals surface area contributed by atoms with Gasteiger partial charge in [0, 0.05) is 29.2 Å². The predicted molar refractivity (Wildman–Crippen MR) is 112 cm³/mol. The fourth-order valence-corrected chi connectivity index (χ4v) is 3.86. The Morgan fingerprint density at radius 1 is 0.964 bits per heavy atom. The van der Waals surface area contributed by atoms with Crippen LogP contribution in [0.3, 0.4) is 0 Å². The predicted octanol–water partition coefficient (Wildman–Crippen LogP) is 4.62. The van der Waals surface area contributed by atoms with Crippen LogP contribution in [-0.4, -0.2) is 29.4 Å². The van der Waals surface area contributed by atoms with Gasteiger partial charge in [-0.05, 0) is 36.4 Å². The maximum absolute atomic E-state index is 14.0. The fraction of sp³-hybridized carbons (Fsp3) is 0.167. The fourth-order valence-electron chi connectivity index (χ4n) is 3.86. The molecule has 0 radical (unpaired) electrons. The average molecular weight is 374 g/mol. The van der Waals surface area contributed by atoms with Gasteiger partial charge in [-0.1, -0.05) is 60.7 Å². The van der Waals surface area contributed by atoms with Gasteiger partial charge in [-0.3, -0.25) is 0 Å². The van der Waals surface area contributed by atoms with E-state index >= 15 is 0 Å². The zero-order valence-electron chi connectivity index (χ0n) is 15.7. The van der Waals surface area contributed by atoms with Crippen LogP contribution in [0.5, 0.6) is 0 Å². The Hall–Kier alpha value is -2.95. The third-order valence-electron chi connectivity index (χ3n) is 5.09. The molecule has 0 unspecified atom stereocenters. The van der Waals surface area contributed by atoms with Gasteiger partial charge in [0.1, 0.15) is 5.82 Å². The van der Waals surface area contributed by atoms with E-state index in [-0.39, 0.29) is 5.82 Å². The van der Waals surface area contributed by atoms with Gasteiger partial charge in [0.15, 0.2) is 0 Å². The van der Waals surface area contributed by atoms with Crippen molar-refractivity contribution in [1.29, 1.82) is 0 Å². The summed E-state index contributed by atoms with van der Waals surface area (Å²) in [6.45, 7) is 0.397. The molecule has 4 heteroatoms. The standard InChI is InChI=1S/C24H23FN2O/c1-26-15-23(28)24(18-10-7-11-19(25)14-18)27-16-21(17-8-3-2-4-9-17)20-12-5-6-13-22(20)27/h2-14,16,23-24,26,28H,15H2,1H3/t23-,24+/m1/s1. The minimum atomic E-state index is -0.716. The smallest absolute Gasteiger partial charge is 0.123 e. The van der Waals surface area contributed by atoms with Crippen LogP contribution in [0.15, 0.2) is 85.1 Å². The number of aliphatic hydroxyl groups excluding tert-OH is 1. The van der Waals surface area contributed by atoms with Gasteiger partial charge in [0.05, 0.1) is 12.1 Å². The molecular formula is C24H23FN2O. The second-order valence-corrected chi connectivity index (χ2v) is 6.96. The van der Waals surface area contributed by atoms with Crippen molar-refractivity contribution in [3.63, 3.8) is 0 Å². The van der Waals surface area contributed by atoms with Crippen molar-refractivity contribution in [2.45, 2.75) is 12.1 Å². The van der Waals surface area contributed by atoms with E-state index in [2.05, 4.69) is 34.3 Å². The molecule has 0 aliphatic heterocycles. The number of hydrogen-bond donors (Lipinski definition) is 2. The highest BCUT2D eigenvalue weighted by atomic mass is 19.1. The first-order valence-corrected chi connectivity index (χ1v) is 9.42. The summed E-state index contributed by atoms with van der Waals surface area (Å²) in [5.74, 6) is -0.307. The van der Waals surface area contributed by atoms with Gasteiger partial charge in [-0.2, -0.15) is 0 Å². The monoisotopic (exact) mass is 374 g/mol. The molecule has 28 heavy (non-hydrogen) atoms. The van der Waals surface area contributed by atoms with E-state index in [1.54, 1.807) is 13.1 Å². The Bertz CT molecular complexity index is 1070. The first-order valence-electron chi connectivity index (χ1n) is 9.42. The third-order valence-corrected chi connectivity index (χ3v) is 5.09. The van der Waals surface area contributed by atoms with Gasteiger partial charge in [-0.15, -0.1) is 0 Å². The molecule has 2 atom stereocenters. The highest BCUT2D eigenvalue weighted by molar-refractivity contribution is 5.96. The van der Waals surface area contributed by atoms with Crippen molar-refractivity contribution in [3.05, 3.63) is 96.4 Å². The van der Waals surface area contributed by atoms with Crippen LogP contribution in [-0.2, 0) is 0 Å². The van der Waals surface area contributed by atoms with Crippen molar-refractivity contribution in [2.24, 2.45) is 0 Å². The van der Waals surface area contributed by atoms with Crippen LogP contribution in [0.1, 0.15) is 11.6 Å². The van der Waals surface area contributed by atoms with E-state index in [0.717, 1.165) is 27.6 Å². The molecule has 0 spiro atoms. The molecule has 0 bridgehead atoms. The topological polar surface area (TPSA) is 37.2 Å². The van der Waals surface area contributed by atoms with E-state index in [1.165, 1.54) is 12.1 Å². The number of likely N-dealkylation sites (N-methyl/N-ethyl adjacent to an activating group) is 1. The normalized spacial score (nSPS) is 13.5. The first-order chi connectivity index (χ1) is 13.7. The molecule has 3 aromatic carbocycles. The molecule has 0 saturated carbocycles. The SMILES string of the molecule is CNC[C@@H](O)[C@H](c1cccc(F)c1)n1cc(-c2ccccc2)c2ccccc21. The van der Waals surface area contributed by atoms with Crippen molar-refractivity contribution in [1.82, 2.24) is 9.88 Å². The maximum Gasteiger partial charge on any atom is 0.123 e. The summed E-state index contributed by atoms with van der Waals surface area (Å²) in [5, 5.41) is 15.1. The molecule has 2 N–H and O–H groups in total. The third kappa shape index (κ3) is 3.44. The second-order valence-electron chi connectivity index (χ2n) is 6.96. The lowest BCUT2D eigenvalue weighted by molar-refractivity contribution is 0.132. The number of nitrogens with zero attached hydrogens (tertiary/aromatic N) is 1. The average Bonchev–Trinajstić information content (AvgIpc) is 3.09. The minimum Gasteiger partial charge on any atom is -0.389 e. The van der Waals surface area contributed by atoms with Crippen LogP contribution in [0, 0.1) is 5.82 Å². The summed E-state index contributed by atoms with van der Waals surface area (Å²) in [4.78, 5) is 0. The minimum absolute atomic E-state index is 0.307. The molecule has 4 rings (SSSR count). The van der Waals surface area contributed by atoms with Crippen molar-refractivity contribution in [3.8, 4) is 11.1 Å². The Kier molecular flexibility index (Phi) is 5.24.